The Bertz CT molecular complexity index is 1470. The third-order valence-electron chi connectivity index (χ3n) is 6.99. The van der Waals surface area contributed by atoms with Gasteiger partial charge in [-0.25, -0.2) is 4.39 Å². The number of piperazine rings is 1. The predicted octanol–water partition coefficient (Wildman–Crippen LogP) is 3.97. The number of halogens is 1. The van der Waals surface area contributed by atoms with E-state index in [1.165, 1.54) is 11.0 Å². The van der Waals surface area contributed by atoms with E-state index in [0.717, 1.165) is 11.8 Å². The molecule has 2 aromatic rings. The Kier molecular flexibility index (Phi) is 9.27. The summed E-state index contributed by atoms with van der Waals surface area (Å²) in [4.78, 5) is 43.4. The summed E-state index contributed by atoms with van der Waals surface area (Å²) in [6.07, 6.45) is 2.54. The number of hydrogen-bond acceptors (Lipinski definition) is 8. The number of para-hydroxylation sites is 1. The molecule has 1 aromatic heterocycles. The predicted molar refractivity (Wildman–Crippen MR) is 158 cm³/mol. The van der Waals surface area contributed by atoms with Gasteiger partial charge in [-0.3, -0.25) is 23.9 Å². The third-order valence-corrected chi connectivity index (χ3v) is 8.37. The van der Waals surface area contributed by atoms with Crippen molar-refractivity contribution in [3.63, 3.8) is 0 Å². The zero-order valence-corrected chi connectivity index (χ0v) is 24.0. The molecule has 2 saturated heterocycles. The molecule has 1 N–H and O–H groups in total. The van der Waals surface area contributed by atoms with Gasteiger partial charge in [-0.05, 0) is 43.5 Å². The van der Waals surface area contributed by atoms with E-state index in [1.807, 2.05) is 17.9 Å². The molecule has 0 aliphatic carbocycles. The molecule has 3 heterocycles. The zero-order valence-electron chi connectivity index (χ0n) is 22.4. The Balaban J connectivity index is 1.74. The molecule has 210 valence electrons. The van der Waals surface area contributed by atoms with Crippen LogP contribution in [0.3, 0.4) is 0 Å². The van der Waals surface area contributed by atoms with Crippen molar-refractivity contribution in [3.05, 3.63) is 62.0 Å². The van der Waals surface area contributed by atoms with E-state index in [-0.39, 0.29) is 42.2 Å². The first-order valence-corrected chi connectivity index (χ1v) is 14.3. The van der Waals surface area contributed by atoms with Gasteiger partial charge in [0, 0.05) is 51.3 Å². The fourth-order valence-electron chi connectivity index (χ4n) is 5.00. The highest BCUT2D eigenvalue weighted by Crippen LogP contribution is 2.36. The normalized spacial score (nSPS) is 16.6. The maximum atomic E-state index is 14.4. The van der Waals surface area contributed by atoms with Gasteiger partial charge in [0.1, 0.15) is 27.6 Å². The van der Waals surface area contributed by atoms with Crippen molar-refractivity contribution in [2.24, 2.45) is 0 Å². The molecule has 0 unspecified atom stereocenters. The van der Waals surface area contributed by atoms with Crippen LogP contribution < -0.4 is 15.4 Å². The summed E-state index contributed by atoms with van der Waals surface area (Å²) in [5, 5.41) is 18.8. The van der Waals surface area contributed by atoms with Gasteiger partial charge in [0.25, 0.3) is 11.5 Å². The Labute approximate surface area is 241 Å². The summed E-state index contributed by atoms with van der Waals surface area (Å²) in [5.41, 5.74) is 1.23. The molecule has 0 atom stereocenters. The van der Waals surface area contributed by atoms with Gasteiger partial charge in [0.2, 0.25) is 0 Å². The molecule has 2 fully saturated rings. The zero-order chi connectivity index (χ0) is 29.0. The minimum absolute atomic E-state index is 0.0189. The van der Waals surface area contributed by atoms with E-state index >= 15 is 0 Å². The number of nitrogens with zero attached hydrogens (tertiary/aromatic N) is 5. The highest BCUT2D eigenvalue weighted by Gasteiger charge is 2.33. The number of thioether (sulfide) groups is 1. The number of carboxylic acid groups (broad SMARTS) is 1. The third kappa shape index (κ3) is 5.90. The standard InChI is InChI=1S/C28H30FN5O4S2/c1-3-10-33-25(32-14-12-31(13-15-32)22-8-5-4-7-21(22)29)19(18(2)20(17-30)26(33)37)16-23-27(38)34(28(39)40-23)11-6-9-24(35)36/h4-5,7-8,16H,3,6,9-15H2,1-2H3,(H,35,36). The summed E-state index contributed by atoms with van der Waals surface area (Å²) < 4.78 is 16.4. The molecular weight excluding hydrogens is 553 g/mol. The molecule has 40 heavy (non-hydrogen) atoms. The lowest BCUT2D eigenvalue weighted by molar-refractivity contribution is -0.137. The minimum atomic E-state index is -0.946. The Hall–Kier alpha value is -3.69. The number of nitriles is 1. The van der Waals surface area contributed by atoms with Crippen LogP contribution in [0.25, 0.3) is 6.08 Å². The fraction of sp³-hybridized carbons (Fsp3) is 0.393. The molecule has 0 saturated carbocycles. The van der Waals surface area contributed by atoms with E-state index < -0.39 is 5.97 Å². The lowest BCUT2D eigenvalue weighted by atomic mass is 10.0. The molecule has 1 amide bonds. The van der Waals surface area contributed by atoms with Crippen LogP contribution in [0, 0.1) is 24.1 Å². The van der Waals surface area contributed by atoms with E-state index in [9.17, 15) is 24.0 Å². The number of aromatic nitrogens is 1. The Morgan fingerprint density at radius 3 is 2.48 bits per heavy atom. The number of hydrogen-bond donors (Lipinski definition) is 1. The van der Waals surface area contributed by atoms with Gasteiger partial charge in [0.15, 0.2) is 0 Å². The monoisotopic (exact) mass is 583 g/mol. The van der Waals surface area contributed by atoms with Gasteiger partial charge >= 0.3 is 5.97 Å². The van der Waals surface area contributed by atoms with Crippen molar-refractivity contribution in [1.82, 2.24) is 9.47 Å². The lowest BCUT2D eigenvalue weighted by Crippen LogP contribution is -2.49. The highest BCUT2D eigenvalue weighted by atomic mass is 32.2. The largest absolute Gasteiger partial charge is 0.481 e. The number of carbonyl (C=O) groups is 2. The quantitative estimate of drug-likeness (QED) is 0.346. The summed E-state index contributed by atoms with van der Waals surface area (Å²) in [6.45, 7) is 6.26. The minimum Gasteiger partial charge on any atom is -0.481 e. The lowest BCUT2D eigenvalue weighted by Gasteiger charge is -2.39. The number of thiocarbonyl (C=S) groups is 1. The average molecular weight is 584 g/mol. The average Bonchev–Trinajstić information content (AvgIpc) is 3.19. The summed E-state index contributed by atoms with van der Waals surface area (Å²) in [7, 11) is 0. The van der Waals surface area contributed by atoms with Crippen LogP contribution >= 0.6 is 24.0 Å². The van der Waals surface area contributed by atoms with Crippen molar-refractivity contribution in [1.29, 1.82) is 5.26 Å². The Morgan fingerprint density at radius 2 is 1.85 bits per heavy atom. The second-order valence-corrected chi connectivity index (χ2v) is 11.2. The number of pyridine rings is 1. The van der Waals surface area contributed by atoms with Crippen molar-refractivity contribution in [3.8, 4) is 6.07 Å². The first-order valence-electron chi connectivity index (χ1n) is 13.1. The molecule has 0 radical (unpaired) electrons. The van der Waals surface area contributed by atoms with Crippen LogP contribution in [0.5, 0.6) is 0 Å². The maximum Gasteiger partial charge on any atom is 0.303 e. The number of carboxylic acids is 1. The molecular formula is C28H30FN5O4S2. The highest BCUT2D eigenvalue weighted by molar-refractivity contribution is 8.26. The topological polar surface area (TPSA) is 110 Å². The molecule has 0 bridgehead atoms. The molecule has 4 rings (SSSR count). The van der Waals surface area contributed by atoms with E-state index in [0.29, 0.717) is 71.0 Å². The van der Waals surface area contributed by atoms with Gasteiger partial charge in [-0.2, -0.15) is 5.26 Å². The first-order chi connectivity index (χ1) is 19.2. The number of rotatable bonds is 9. The van der Waals surface area contributed by atoms with E-state index in [1.54, 1.807) is 35.8 Å². The Morgan fingerprint density at radius 1 is 1.18 bits per heavy atom. The fourth-order valence-corrected chi connectivity index (χ4v) is 6.29. The van der Waals surface area contributed by atoms with E-state index in [2.05, 4.69) is 4.90 Å². The van der Waals surface area contributed by atoms with Crippen LogP contribution in [0.15, 0.2) is 34.0 Å². The molecule has 2 aliphatic rings. The van der Waals surface area contributed by atoms with Gasteiger partial charge in [0.05, 0.1) is 10.6 Å². The number of anilines is 2. The van der Waals surface area contributed by atoms with Gasteiger partial charge in [-0.1, -0.05) is 43.0 Å². The SMILES string of the molecule is CCCn1c(N2CCN(c3ccccc3F)CC2)c(C=C2SC(=S)N(CCCC(=O)O)C2=O)c(C)c(C#N)c1=O. The van der Waals surface area contributed by atoms with Crippen LogP contribution in [0.4, 0.5) is 15.9 Å². The van der Waals surface area contributed by atoms with Gasteiger partial charge in [-0.15, -0.1) is 0 Å². The molecule has 2 aliphatic heterocycles. The molecule has 9 nitrogen and oxygen atoms in total. The summed E-state index contributed by atoms with van der Waals surface area (Å²) in [6, 6.07) is 8.67. The summed E-state index contributed by atoms with van der Waals surface area (Å²) >= 11 is 6.53. The van der Waals surface area contributed by atoms with Crippen molar-refractivity contribution < 1.29 is 19.1 Å². The van der Waals surface area contributed by atoms with Crippen molar-refractivity contribution in [2.45, 2.75) is 39.7 Å². The van der Waals surface area contributed by atoms with E-state index in [4.69, 9.17) is 17.3 Å². The second kappa shape index (κ2) is 12.7. The van der Waals surface area contributed by atoms with Crippen molar-refractivity contribution in [2.75, 3.05) is 42.5 Å². The smallest absolute Gasteiger partial charge is 0.303 e. The van der Waals surface area contributed by atoms with Crippen LogP contribution in [0.2, 0.25) is 0 Å². The van der Waals surface area contributed by atoms with Crippen molar-refractivity contribution >= 4 is 57.8 Å². The molecule has 12 heteroatoms. The molecule has 0 spiro atoms. The summed E-state index contributed by atoms with van der Waals surface area (Å²) in [5.74, 6) is -0.952. The number of benzene rings is 1. The second-order valence-electron chi connectivity index (χ2n) is 9.56. The van der Waals surface area contributed by atoms with Crippen LogP contribution in [0.1, 0.15) is 42.9 Å². The first kappa shape index (κ1) is 29.3. The number of amides is 1. The van der Waals surface area contributed by atoms with Crippen LogP contribution in [-0.4, -0.2) is 63.5 Å². The number of aliphatic carboxylic acids is 1. The van der Waals surface area contributed by atoms with Gasteiger partial charge < -0.3 is 14.9 Å². The van der Waals surface area contributed by atoms with Crippen LogP contribution in [-0.2, 0) is 16.1 Å². The molecule has 1 aromatic carbocycles. The maximum absolute atomic E-state index is 14.4. The number of carbonyl (C=O) groups excluding carboxylic acids is 1.